The molecule has 0 spiro atoms. The molecule has 6 aliphatic heterocycles. The average Bonchev–Trinajstić information content (AvgIpc) is 3.37. The molecule has 6 fully saturated rings. The van der Waals surface area contributed by atoms with Crippen LogP contribution in [0.5, 0.6) is 0 Å². The van der Waals surface area contributed by atoms with E-state index < -0.39 is 241 Å². The molecule has 0 aromatic carbocycles. The highest BCUT2D eigenvalue weighted by atomic mass is 16.8. The lowest BCUT2D eigenvalue weighted by Crippen LogP contribution is -2.70. The molecule has 33 nitrogen and oxygen atoms in total. The Hall–Kier alpha value is -2.67. The van der Waals surface area contributed by atoms with E-state index in [-0.39, 0.29) is 0 Å². The summed E-state index contributed by atoms with van der Waals surface area (Å²) in [5.74, 6) is -2.12. The summed E-state index contributed by atoms with van der Waals surface area (Å²) < 4.78 is 64.4. The predicted octanol–water partition coefficient (Wildman–Crippen LogP) is -12.6. The molecule has 30 atom stereocenters. The van der Waals surface area contributed by atoms with Gasteiger partial charge in [0.25, 0.3) is 0 Å². The Kier molecular flexibility index (Phi) is 22.4. The second kappa shape index (κ2) is 27.2. The van der Waals surface area contributed by atoms with Crippen LogP contribution in [0.15, 0.2) is 0 Å². The molecular formula is C43H73N3O30. The Morgan fingerprint density at radius 1 is 0.355 bits per heavy atom. The second-order valence-electron chi connectivity index (χ2n) is 19.3. The van der Waals surface area contributed by atoms with Crippen molar-refractivity contribution in [2.24, 2.45) is 0 Å². The number of hydrogen-bond acceptors (Lipinski definition) is 30. The van der Waals surface area contributed by atoms with E-state index in [1.54, 1.807) is 0 Å². The first kappa shape index (κ1) is 62.5. The van der Waals surface area contributed by atoms with Gasteiger partial charge in [-0.1, -0.05) is 0 Å². The van der Waals surface area contributed by atoms with Crippen LogP contribution in [0.4, 0.5) is 0 Å². The molecule has 6 rings (SSSR count). The number of aliphatic hydroxyl groups is 16. The van der Waals surface area contributed by atoms with Gasteiger partial charge in [-0.3, -0.25) is 14.4 Å². The fourth-order valence-corrected chi connectivity index (χ4v) is 9.86. The Labute approximate surface area is 432 Å². The number of ether oxygens (including phenoxy) is 11. The summed E-state index contributed by atoms with van der Waals surface area (Å²) in [5, 5.41) is 181. The first-order valence-corrected chi connectivity index (χ1v) is 24.4. The molecule has 13 unspecified atom stereocenters. The minimum absolute atomic E-state index is 0.561. The second-order valence-corrected chi connectivity index (χ2v) is 19.3. The molecule has 0 radical (unpaired) electrons. The molecule has 3 amide bonds. The van der Waals surface area contributed by atoms with Gasteiger partial charge in [0.1, 0.15) is 140 Å². The van der Waals surface area contributed by atoms with E-state index in [4.69, 9.17) is 52.1 Å². The highest BCUT2D eigenvalue weighted by Crippen LogP contribution is 2.36. The van der Waals surface area contributed by atoms with Crippen LogP contribution >= 0.6 is 0 Å². The molecule has 33 heteroatoms. The molecule has 6 saturated heterocycles. The molecule has 6 aliphatic rings. The zero-order chi connectivity index (χ0) is 56.2. The Morgan fingerprint density at radius 2 is 0.724 bits per heavy atom. The molecule has 0 bridgehead atoms. The van der Waals surface area contributed by atoms with Gasteiger partial charge in [-0.15, -0.1) is 0 Å². The van der Waals surface area contributed by atoms with Crippen molar-refractivity contribution in [2.75, 3.05) is 39.6 Å². The van der Waals surface area contributed by atoms with Gasteiger partial charge in [0.15, 0.2) is 31.5 Å². The molecule has 440 valence electrons. The lowest BCUT2D eigenvalue weighted by molar-refractivity contribution is -0.386. The van der Waals surface area contributed by atoms with Crippen molar-refractivity contribution in [1.29, 1.82) is 0 Å². The summed E-state index contributed by atoms with van der Waals surface area (Å²) in [5.41, 5.74) is 0. The van der Waals surface area contributed by atoms with Crippen LogP contribution in [-0.2, 0) is 66.5 Å². The number of aliphatic hydroxyl groups excluding tert-OH is 16. The lowest BCUT2D eigenvalue weighted by atomic mass is 9.92. The van der Waals surface area contributed by atoms with Gasteiger partial charge in [0.05, 0.1) is 51.8 Å². The Morgan fingerprint density at radius 3 is 1.25 bits per heavy atom. The van der Waals surface area contributed by atoms with Crippen molar-refractivity contribution in [3.05, 3.63) is 0 Å². The topological polar surface area (TPSA) is 513 Å². The zero-order valence-corrected chi connectivity index (χ0v) is 41.4. The van der Waals surface area contributed by atoms with Gasteiger partial charge in [-0.2, -0.15) is 0 Å². The highest BCUT2D eigenvalue weighted by molar-refractivity contribution is 5.74. The van der Waals surface area contributed by atoms with Crippen molar-refractivity contribution >= 4 is 17.7 Å². The third-order valence-corrected chi connectivity index (χ3v) is 13.9. The largest absolute Gasteiger partial charge is 0.394 e. The molecule has 6 heterocycles. The van der Waals surface area contributed by atoms with Crippen LogP contribution < -0.4 is 16.0 Å². The zero-order valence-electron chi connectivity index (χ0n) is 41.4. The fraction of sp³-hybridized carbons (Fsp3) is 0.930. The van der Waals surface area contributed by atoms with Crippen molar-refractivity contribution in [3.63, 3.8) is 0 Å². The van der Waals surface area contributed by atoms with Crippen LogP contribution in [0.3, 0.4) is 0 Å². The smallest absolute Gasteiger partial charge is 0.217 e. The summed E-state index contributed by atoms with van der Waals surface area (Å²) in [4.78, 5) is 36.8. The van der Waals surface area contributed by atoms with Crippen molar-refractivity contribution in [3.8, 4) is 0 Å². The molecule has 19 N–H and O–H groups in total. The molecular weight excluding hydrogens is 1040 g/mol. The van der Waals surface area contributed by atoms with Crippen molar-refractivity contribution < 1.29 is 148 Å². The number of rotatable bonds is 19. The van der Waals surface area contributed by atoms with E-state index in [9.17, 15) is 96.1 Å². The summed E-state index contributed by atoms with van der Waals surface area (Å²) in [6.07, 6.45) is -49.5. The van der Waals surface area contributed by atoms with Crippen LogP contribution in [-0.4, -0.2) is 323 Å². The normalized spacial score (nSPS) is 48.2. The summed E-state index contributed by atoms with van der Waals surface area (Å²) in [6, 6.07) is -4.41. The summed E-state index contributed by atoms with van der Waals surface area (Å²) in [7, 11) is 0. The summed E-state index contributed by atoms with van der Waals surface area (Å²) >= 11 is 0. The Balaban J connectivity index is 1.30. The Bertz CT molecular complexity index is 1870. The predicted molar refractivity (Wildman–Crippen MR) is 237 cm³/mol. The molecule has 0 saturated carbocycles. The molecule has 0 aromatic rings. The minimum Gasteiger partial charge on any atom is -0.394 e. The SMILES string of the molecule is CC(=O)NC1C(O)[C@H](O)[C@H](CO)O[C@H]1OC1[C@@H](OCC2O[C@@H](O[C@@H]3C(CO)O[C@@H](O[C@@H]4C(CO)O[C@@H](C)[C@@H](NC(C)=O)C4O)[C@@H](NC(C)=O)C3O)[C@H](O)C(O[C@H]3OC(CO)[C@@H](O)C(O)C3O)[C@@H]2O)OC(CO)[C@@H](O)[C@@H]1O. The number of amides is 3. The maximum absolute atomic E-state index is 12.6. The highest BCUT2D eigenvalue weighted by Gasteiger charge is 2.57. The monoisotopic (exact) mass is 1110 g/mol. The van der Waals surface area contributed by atoms with E-state index in [0.717, 1.165) is 13.8 Å². The van der Waals surface area contributed by atoms with Crippen molar-refractivity contribution in [1.82, 2.24) is 16.0 Å². The molecule has 0 aromatic heterocycles. The van der Waals surface area contributed by atoms with E-state index in [1.807, 2.05) is 0 Å². The molecule has 0 aliphatic carbocycles. The van der Waals surface area contributed by atoms with Crippen LogP contribution in [0.1, 0.15) is 27.7 Å². The van der Waals surface area contributed by atoms with Crippen LogP contribution in [0.2, 0.25) is 0 Å². The van der Waals surface area contributed by atoms with Gasteiger partial charge in [-0.25, -0.2) is 0 Å². The van der Waals surface area contributed by atoms with Gasteiger partial charge >= 0.3 is 0 Å². The molecule has 76 heavy (non-hydrogen) atoms. The van der Waals surface area contributed by atoms with E-state index >= 15 is 0 Å². The average molecular weight is 1110 g/mol. The first-order valence-electron chi connectivity index (χ1n) is 24.4. The quantitative estimate of drug-likeness (QED) is 0.0571. The van der Waals surface area contributed by atoms with Gasteiger partial charge < -0.3 is 150 Å². The van der Waals surface area contributed by atoms with Crippen LogP contribution in [0, 0.1) is 0 Å². The number of hydrogen-bond donors (Lipinski definition) is 19. The fourth-order valence-electron chi connectivity index (χ4n) is 9.86. The maximum atomic E-state index is 12.6. The minimum atomic E-state index is -2.26. The third-order valence-electron chi connectivity index (χ3n) is 13.9. The lowest BCUT2D eigenvalue weighted by Gasteiger charge is -2.50. The van der Waals surface area contributed by atoms with E-state index in [2.05, 4.69) is 16.0 Å². The number of carbonyl (C=O) groups is 3. The standard InChI is InChI=1S/C43H73N3O30/c1-11-21(44-12(2)52)29(60)35(18(8-50)67-11)73-40-23(46-14(4)54)30(61)36(19(9-51)71-40)74-42-34(65)37(75-41-33(64)31(62)25(56)16(6-48)69-41)27(58)20(72-42)10-66-43-38(32(63)26(57)17(7-49)70-43)76-39-22(45-13(3)53)28(59)24(55)15(5-47)68-39/h11,15-43,47-51,55-65H,5-10H2,1-4H3,(H,44,52)(H,45,53)(H,46,54)/t11-,15-,16?,17?,18?,19?,20?,21+,22?,23-,24+,25+,26+,27+,28?,29?,30?,31?,32-,33?,34+,35+,36+,37?,38?,39-,40-,41+,42-,43-/m0/s1. The van der Waals surface area contributed by atoms with Crippen molar-refractivity contribution in [2.45, 2.75) is 212 Å². The third kappa shape index (κ3) is 13.7. The van der Waals surface area contributed by atoms with Crippen LogP contribution in [0.25, 0.3) is 0 Å². The maximum Gasteiger partial charge on any atom is 0.217 e. The van der Waals surface area contributed by atoms with Gasteiger partial charge in [0, 0.05) is 20.8 Å². The van der Waals surface area contributed by atoms with E-state index in [0.29, 0.717) is 0 Å². The number of nitrogens with one attached hydrogen (secondary N) is 3. The van der Waals surface area contributed by atoms with E-state index in [1.165, 1.54) is 13.8 Å². The van der Waals surface area contributed by atoms with Gasteiger partial charge in [0.2, 0.25) is 17.7 Å². The number of carbonyl (C=O) groups excluding carboxylic acids is 3. The van der Waals surface area contributed by atoms with Gasteiger partial charge in [-0.05, 0) is 6.92 Å². The first-order chi connectivity index (χ1) is 35.9. The summed E-state index contributed by atoms with van der Waals surface area (Å²) in [6.45, 7) is -0.745.